The van der Waals surface area contributed by atoms with Gasteiger partial charge < -0.3 is 28.4 Å². The predicted molar refractivity (Wildman–Crippen MR) is 96.8 cm³/mol. The van der Waals surface area contributed by atoms with Crippen LogP contribution in [0.15, 0.2) is 0 Å². The summed E-state index contributed by atoms with van der Waals surface area (Å²) >= 11 is 0. The smallest absolute Gasteiger partial charge is 0.187 e. The van der Waals surface area contributed by atoms with Crippen LogP contribution in [-0.4, -0.2) is 68.8 Å². The Kier molecular flexibility index (Phi) is 9.85. The average Bonchev–Trinajstić information content (AvgIpc) is 2.46. The van der Waals surface area contributed by atoms with E-state index in [4.69, 9.17) is 28.4 Å². The zero-order valence-corrected chi connectivity index (χ0v) is 17.4. The zero-order valence-electron chi connectivity index (χ0n) is 17.4. The van der Waals surface area contributed by atoms with Gasteiger partial charge in [-0.15, -0.1) is 0 Å². The summed E-state index contributed by atoms with van der Waals surface area (Å²) in [6.45, 7) is 16.4. The molecule has 6 nitrogen and oxygen atoms in total. The molecule has 6 heteroatoms. The summed E-state index contributed by atoms with van der Waals surface area (Å²) in [5, 5.41) is 0. The van der Waals surface area contributed by atoms with E-state index in [-0.39, 0.29) is 48.8 Å². The van der Waals surface area contributed by atoms with Crippen molar-refractivity contribution in [2.24, 2.45) is 0 Å². The Morgan fingerprint density at radius 1 is 0.680 bits per heavy atom. The fraction of sp³-hybridized carbons (Fsp3) is 1.00. The van der Waals surface area contributed by atoms with Crippen molar-refractivity contribution in [3.05, 3.63) is 0 Å². The van der Waals surface area contributed by atoms with Crippen LogP contribution in [0.1, 0.15) is 55.4 Å². The van der Waals surface area contributed by atoms with Gasteiger partial charge in [-0.25, -0.2) is 0 Å². The van der Waals surface area contributed by atoms with Crippen molar-refractivity contribution in [3.8, 4) is 0 Å². The second-order valence-corrected chi connectivity index (χ2v) is 7.61. The van der Waals surface area contributed by atoms with Crippen LogP contribution >= 0.6 is 0 Å². The van der Waals surface area contributed by atoms with Crippen molar-refractivity contribution >= 4 is 0 Å². The third kappa shape index (κ3) is 7.49. The van der Waals surface area contributed by atoms with Gasteiger partial charge in [0.1, 0.15) is 24.4 Å². The van der Waals surface area contributed by atoms with E-state index in [0.717, 1.165) is 0 Å². The second kappa shape index (κ2) is 10.8. The van der Waals surface area contributed by atoms with E-state index in [2.05, 4.69) is 0 Å². The van der Waals surface area contributed by atoms with Crippen LogP contribution in [0.4, 0.5) is 0 Å². The van der Waals surface area contributed by atoms with E-state index in [9.17, 15) is 0 Å². The largest absolute Gasteiger partial charge is 0.376 e. The molecule has 1 aliphatic rings. The second-order valence-electron chi connectivity index (χ2n) is 7.61. The molecule has 0 bridgehead atoms. The van der Waals surface area contributed by atoms with Crippen LogP contribution in [0.5, 0.6) is 0 Å². The van der Waals surface area contributed by atoms with Crippen LogP contribution < -0.4 is 0 Å². The fourth-order valence-corrected chi connectivity index (χ4v) is 2.87. The highest BCUT2D eigenvalue weighted by molar-refractivity contribution is 4.93. The summed E-state index contributed by atoms with van der Waals surface area (Å²) in [4.78, 5) is 0. The predicted octanol–water partition coefficient (Wildman–Crippen LogP) is 3.16. The van der Waals surface area contributed by atoms with Gasteiger partial charge in [-0.2, -0.15) is 0 Å². The summed E-state index contributed by atoms with van der Waals surface area (Å²) in [5.41, 5.74) is 0. The van der Waals surface area contributed by atoms with Crippen molar-refractivity contribution < 1.29 is 28.4 Å². The van der Waals surface area contributed by atoms with Crippen LogP contribution in [0.2, 0.25) is 0 Å². The lowest BCUT2D eigenvalue weighted by Gasteiger charge is -2.47. The third-order valence-corrected chi connectivity index (χ3v) is 3.72. The Balaban J connectivity index is 3.08. The lowest BCUT2D eigenvalue weighted by molar-refractivity contribution is -0.333. The van der Waals surface area contributed by atoms with Gasteiger partial charge >= 0.3 is 0 Å². The van der Waals surface area contributed by atoms with Gasteiger partial charge in [-0.05, 0) is 55.4 Å². The first-order valence-electron chi connectivity index (χ1n) is 9.41. The first-order valence-corrected chi connectivity index (χ1v) is 9.41. The van der Waals surface area contributed by atoms with Crippen LogP contribution in [0.3, 0.4) is 0 Å². The Hall–Kier alpha value is -0.240. The number of rotatable bonds is 10. The normalized spacial score (nSPS) is 30.8. The minimum absolute atomic E-state index is 0.0107. The molecule has 1 heterocycles. The third-order valence-electron chi connectivity index (χ3n) is 3.72. The Morgan fingerprint density at radius 3 is 1.64 bits per heavy atom. The van der Waals surface area contributed by atoms with Gasteiger partial charge in [-0.3, -0.25) is 0 Å². The van der Waals surface area contributed by atoms with E-state index >= 15 is 0 Å². The lowest BCUT2D eigenvalue weighted by atomic mass is 9.97. The Labute approximate surface area is 153 Å². The van der Waals surface area contributed by atoms with Crippen molar-refractivity contribution in [2.45, 2.75) is 111 Å². The van der Waals surface area contributed by atoms with Gasteiger partial charge in [0.15, 0.2) is 6.29 Å². The summed E-state index contributed by atoms with van der Waals surface area (Å²) in [6.07, 6.45) is -1.59. The summed E-state index contributed by atoms with van der Waals surface area (Å²) in [6, 6.07) is 0. The van der Waals surface area contributed by atoms with E-state index in [1.165, 1.54) is 0 Å². The molecule has 1 rings (SSSR count). The molecule has 5 atom stereocenters. The molecule has 0 aromatic carbocycles. The highest BCUT2D eigenvalue weighted by atomic mass is 16.7. The molecule has 150 valence electrons. The molecule has 0 aliphatic carbocycles. The fourth-order valence-electron chi connectivity index (χ4n) is 2.87. The lowest BCUT2D eigenvalue weighted by Crippen LogP contribution is -2.63. The summed E-state index contributed by atoms with van der Waals surface area (Å²) < 4.78 is 36.0. The van der Waals surface area contributed by atoms with Crippen LogP contribution in [0.25, 0.3) is 0 Å². The van der Waals surface area contributed by atoms with Crippen molar-refractivity contribution in [3.63, 3.8) is 0 Å². The first kappa shape index (κ1) is 22.8. The Morgan fingerprint density at radius 2 is 1.20 bits per heavy atom. The van der Waals surface area contributed by atoms with E-state index in [1.807, 2.05) is 55.4 Å². The number of hydrogen-bond donors (Lipinski definition) is 0. The zero-order chi connectivity index (χ0) is 19.1. The van der Waals surface area contributed by atoms with Crippen LogP contribution in [-0.2, 0) is 28.4 Å². The van der Waals surface area contributed by atoms with Gasteiger partial charge in [-0.1, -0.05) is 0 Å². The summed E-state index contributed by atoms with van der Waals surface area (Å²) in [5.74, 6) is 0. The van der Waals surface area contributed by atoms with Gasteiger partial charge in [0.2, 0.25) is 0 Å². The number of methoxy groups -OCH3 is 1. The quantitative estimate of drug-likeness (QED) is 0.595. The first-order chi connectivity index (χ1) is 11.6. The average molecular weight is 363 g/mol. The van der Waals surface area contributed by atoms with Gasteiger partial charge in [0, 0.05) is 7.11 Å². The maximum absolute atomic E-state index is 6.20. The topological polar surface area (TPSA) is 55.4 Å². The van der Waals surface area contributed by atoms with E-state index in [1.54, 1.807) is 7.11 Å². The van der Waals surface area contributed by atoms with Crippen molar-refractivity contribution in [1.29, 1.82) is 0 Å². The SMILES string of the molecule is COC1C(OC(C)C)OC(COC(C)C)C(OC(C)C)C1OC(C)C. The molecule has 1 fully saturated rings. The monoisotopic (exact) mass is 362 g/mol. The molecule has 0 N–H and O–H groups in total. The maximum atomic E-state index is 6.20. The molecule has 0 aromatic heterocycles. The summed E-state index contributed by atoms with van der Waals surface area (Å²) in [7, 11) is 1.65. The molecule has 5 unspecified atom stereocenters. The van der Waals surface area contributed by atoms with E-state index in [0.29, 0.717) is 6.61 Å². The molecule has 0 saturated carbocycles. The maximum Gasteiger partial charge on any atom is 0.187 e. The molecular weight excluding hydrogens is 324 g/mol. The highest BCUT2D eigenvalue weighted by Gasteiger charge is 2.49. The number of hydrogen-bond acceptors (Lipinski definition) is 6. The molecule has 0 amide bonds. The molecular formula is C19H38O6. The van der Waals surface area contributed by atoms with Gasteiger partial charge in [0.05, 0.1) is 31.0 Å². The van der Waals surface area contributed by atoms with E-state index < -0.39 is 6.29 Å². The minimum Gasteiger partial charge on any atom is -0.376 e. The highest BCUT2D eigenvalue weighted by Crippen LogP contribution is 2.31. The molecule has 1 aliphatic heterocycles. The molecule has 0 aromatic rings. The van der Waals surface area contributed by atoms with Crippen molar-refractivity contribution in [2.75, 3.05) is 13.7 Å². The molecule has 1 saturated heterocycles. The number of ether oxygens (including phenoxy) is 6. The van der Waals surface area contributed by atoms with Crippen LogP contribution in [0, 0.1) is 0 Å². The standard InChI is InChI=1S/C19H38O6/c1-11(2)21-10-15-16(22-12(3)4)17(23-13(5)6)18(20-9)19(25-15)24-14(7)8/h11-19H,10H2,1-9H3. The minimum atomic E-state index is -0.526. The molecule has 0 spiro atoms. The van der Waals surface area contributed by atoms with Gasteiger partial charge in [0.25, 0.3) is 0 Å². The Bertz CT molecular complexity index is 358. The molecule has 0 radical (unpaired) electrons. The van der Waals surface area contributed by atoms with Crippen molar-refractivity contribution in [1.82, 2.24) is 0 Å². The molecule has 25 heavy (non-hydrogen) atoms.